The van der Waals surface area contributed by atoms with Crippen molar-refractivity contribution in [1.29, 1.82) is 0 Å². The van der Waals surface area contributed by atoms with Gasteiger partial charge in [-0.2, -0.15) is 0 Å². The summed E-state index contributed by atoms with van der Waals surface area (Å²) in [5, 5.41) is 2.48. The van der Waals surface area contributed by atoms with Crippen molar-refractivity contribution in [3.05, 3.63) is 78.1 Å². The highest BCUT2D eigenvalue weighted by molar-refractivity contribution is 6.04. The second kappa shape index (κ2) is 6.58. The minimum absolute atomic E-state index is 0.701. The smallest absolute Gasteiger partial charge is 0.121 e. The van der Waals surface area contributed by atoms with E-state index in [0.717, 1.165) is 36.5 Å². The van der Waals surface area contributed by atoms with Crippen LogP contribution in [0.25, 0.3) is 21.8 Å². The molecule has 1 aromatic heterocycles. The fraction of sp³-hybridized carbons (Fsp3) is 0.261. The molecule has 1 saturated heterocycles. The standard InChI is InChI=1S/C23H23N3/c1-2-6-17(7-3-1)18-12-14-26(15-13-18)16-22-24-21-11-10-19-8-4-5-9-20(19)23(21)25-22/h1-11,18H,12-16H2,(H,24,25). The summed E-state index contributed by atoms with van der Waals surface area (Å²) < 4.78 is 0. The van der Waals surface area contributed by atoms with Crippen LogP contribution < -0.4 is 0 Å². The van der Waals surface area contributed by atoms with Gasteiger partial charge in [-0.25, -0.2) is 4.98 Å². The number of benzene rings is 3. The zero-order chi connectivity index (χ0) is 17.3. The van der Waals surface area contributed by atoms with E-state index in [9.17, 15) is 0 Å². The summed E-state index contributed by atoms with van der Waals surface area (Å²) in [5.74, 6) is 1.78. The van der Waals surface area contributed by atoms with Gasteiger partial charge in [0.1, 0.15) is 5.82 Å². The molecule has 0 unspecified atom stereocenters. The molecular weight excluding hydrogens is 318 g/mol. The van der Waals surface area contributed by atoms with E-state index in [1.807, 2.05) is 0 Å². The topological polar surface area (TPSA) is 31.9 Å². The molecule has 1 fully saturated rings. The van der Waals surface area contributed by atoms with Gasteiger partial charge >= 0.3 is 0 Å². The van der Waals surface area contributed by atoms with Gasteiger partial charge < -0.3 is 4.98 Å². The summed E-state index contributed by atoms with van der Waals surface area (Å²) in [6.07, 6.45) is 2.46. The molecule has 130 valence electrons. The number of fused-ring (bicyclic) bond motifs is 3. The van der Waals surface area contributed by atoms with Crippen LogP contribution in [-0.4, -0.2) is 28.0 Å². The maximum Gasteiger partial charge on any atom is 0.121 e. The molecule has 2 heterocycles. The van der Waals surface area contributed by atoms with E-state index in [4.69, 9.17) is 4.98 Å². The highest BCUT2D eigenvalue weighted by Crippen LogP contribution is 2.29. The molecule has 5 rings (SSSR count). The molecule has 0 aliphatic carbocycles. The Morgan fingerprint density at radius 1 is 0.885 bits per heavy atom. The predicted octanol–water partition coefficient (Wildman–Crippen LogP) is 5.10. The molecule has 0 bridgehead atoms. The van der Waals surface area contributed by atoms with Crippen LogP contribution in [0.2, 0.25) is 0 Å². The van der Waals surface area contributed by atoms with Crippen LogP contribution in [0.5, 0.6) is 0 Å². The number of nitrogens with zero attached hydrogens (tertiary/aromatic N) is 2. The van der Waals surface area contributed by atoms with Gasteiger partial charge in [0, 0.05) is 5.39 Å². The number of hydrogen-bond acceptors (Lipinski definition) is 2. The van der Waals surface area contributed by atoms with Crippen molar-refractivity contribution < 1.29 is 0 Å². The van der Waals surface area contributed by atoms with Gasteiger partial charge in [-0.3, -0.25) is 4.90 Å². The van der Waals surface area contributed by atoms with Crippen LogP contribution in [0.4, 0.5) is 0 Å². The lowest BCUT2D eigenvalue weighted by Crippen LogP contribution is -2.32. The van der Waals surface area contributed by atoms with E-state index in [-0.39, 0.29) is 0 Å². The molecule has 4 aromatic rings. The van der Waals surface area contributed by atoms with Gasteiger partial charge in [0.25, 0.3) is 0 Å². The number of imidazole rings is 1. The van der Waals surface area contributed by atoms with Crippen molar-refractivity contribution in [1.82, 2.24) is 14.9 Å². The van der Waals surface area contributed by atoms with Crippen molar-refractivity contribution in [2.45, 2.75) is 25.3 Å². The second-order valence-electron chi connectivity index (χ2n) is 7.33. The highest BCUT2D eigenvalue weighted by Gasteiger charge is 2.21. The summed E-state index contributed by atoms with van der Waals surface area (Å²) in [5.41, 5.74) is 3.72. The Morgan fingerprint density at radius 3 is 2.50 bits per heavy atom. The zero-order valence-electron chi connectivity index (χ0n) is 14.9. The lowest BCUT2D eigenvalue weighted by atomic mass is 9.89. The molecule has 26 heavy (non-hydrogen) atoms. The summed E-state index contributed by atoms with van der Waals surface area (Å²) in [6.45, 7) is 3.18. The van der Waals surface area contributed by atoms with Gasteiger partial charge in [-0.1, -0.05) is 60.7 Å². The quantitative estimate of drug-likeness (QED) is 0.562. The first-order valence-electron chi connectivity index (χ1n) is 9.50. The summed E-state index contributed by atoms with van der Waals surface area (Å²) in [4.78, 5) is 11.0. The Balaban J connectivity index is 1.32. The van der Waals surface area contributed by atoms with Gasteiger partial charge in [-0.15, -0.1) is 0 Å². The molecule has 0 atom stereocenters. The zero-order valence-corrected chi connectivity index (χ0v) is 14.9. The maximum absolute atomic E-state index is 4.91. The van der Waals surface area contributed by atoms with Crippen LogP contribution in [0.15, 0.2) is 66.7 Å². The van der Waals surface area contributed by atoms with Crippen molar-refractivity contribution in [3.63, 3.8) is 0 Å². The minimum atomic E-state index is 0.701. The van der Waals surface area contributed by atoms with E-state index in [1.165, 1.54) is 29.2 Å². The van der Waals surface area contributed by atoms with Crippen molar-refractivity contribution in [3.8, 4) is 0 Å². The molecule has 3 nitrogen and oxygen atoms in total. The molecule has 0 spiro atoms. The van der Waals surface area contributed by atoms with E-state index >= 15 is 0 Å². The summed E-state index contributed by atoms with van der Waals surface area (Å²) in [6, 6.07) is 23.7. The average Bonchev–Trinajstić information content (AvgIpc) is 3.12. The highest BCUT2D eigenvalue weighted by atomic mass is 15.2. The maximum atomic E-state index is 4.91. The Kier molecular flexibility index (Phi) is 3.95. The van der Waals surface area contributed by atoms with Gasteiger partial charge in [0.05, 0.1) is 17.6 Å². The normalized spacial score (nSPS) is 16.5. The van der Waals surface area contributed by atoms with Crippen LogP contribution in [0, 0.1) is 0 Å². The molecule has 0 radical (unpaired) electrons. The molecule has 0 saturated carbocycles. The lowest BCUT2D eigenvalue weighted by Gasteiger charge is -2.31. The molecule has 1 aliphatic heterocycles. The van der Waals surface area contributed by atoms with E-state index in [2.05, 4.69) is 76.6 Å². The number of likely N-dealkylation sites (tertiary alicyclic amines) is 1. The first kappa shape index (κ1) is 15.6. The molecule has 0 amide bonds. The molecule has 3 heteroatoms. The van der Waals surface area contributed by atoms with Crippen LogP contribution in [0.1, 0.15) is 30.1 Å². The number of nitrogens with one attached hydrogen (secondary N) is 1. The van der Waals surface area contributed by atoms with Crippen LogP contribution in [-0.2, 0) is 6.54 Å². The Hall–Kier alpha value is -2.65. The van der Waals surface area contributed by atoms with Crippen LogP contribution >= 0.6 is 0 Å². The minimum Gasteiger partial charge on any atom is -0.341 e. The van der Waals surface area contributed by atoms with Crippen LogP contribution in [0.3, 0.4) is 0 Å². The van der Waals surface area contributed by atoms with E-state index in [0.29, 0.717) is 5.92 Å². The van der Waals surface area contributed by atoms with Gasteiger partial charge in [0.2, 0.25) is 0 Å². The Morgan fingerprint density at radius 2 is 1.65 bits per heavy atom. The molecular formula is C23H23N3. The van der Waals surface area contributed by atoms with Gasteiger partial charge in [-0.05, 0) is 48.9 Å². The fourth-order valence-electron chi connectivity index (χ4n) is 4.23. The fourth-order valence-corrected chi connectivity index (χ4v) is 4.23. The van der Waals surface area contributed by atoms with Crippen molar-refractivity contribution in [2.24, 2.45) is 0 Å². The van der Waals surface area contributed by atoms with Gasteiger partial charge in [0.15, 0.2) is 0 Å². The Labute approximate surface area is 153 Å². The predicted molar refractivity (Wildman–Crippen MR) is 107 cm³/mol. The first-order valence-corrected chi connectivity index (χ1v) is 9.50. The van der Waals surface area contributed by atoms with Crippen molar-refractivity contribution in [2.75, 3.05) is 13.1 Å². The number of aromatic nitrogens is 2. The third-order valence-electron chi connectivity index (χ3n) is 5.66. The third-order valence-corrected chi connectivity index (χ3v) is 5.66. The van der Waals surface area contributed by atoms with E-state index < -0.39 is 0 Å². The summed E-state index contributed by atoms with van der Waals surface area (Å²) >= 11 is 0. The number of aromatic amines is 1. The molecule has 1 aliphatic rings. The largest absolute Gasteiger partial charge is 0.341 e. The third kappa shape index (κ3) is 2.89. The summed E-state index contributed by atoms with van der Waals surface area (Å²) in [7, 11) is 0. The number of H-pyrrole nitrogens is 1. The monoisotopic (exact) mass is 341 g/mol. The number of piperidine rings is 1. The molecule has 1 N–H and O–H groups in total. The lowest BCUT2D eigenvalue weighted by molar-refractivity contribution is 0.201. The Bertz CT molecular complexity index is 1030. The first-order chi connectivity index (χ1) is 12.9. The SMILES string of the molecule is c1ccc(C2CCN(Cc3nc4c(ccc5ccccc54)[nH]3)CC2)cc1. The van der Waals surface area contributed by atoms with E-state index in [1.54, 1.807) is 0 Å². The molecule has 3 aromatic carbocycles. The second-order valence-corrected chi connectivity index (χ2v) is 7.33. The van der Waals surface area contributed by atoms with Crippen molar-refractivity contribution >= 4 is 21.8 Å². The number of rotatable bonds is 3. The average molecular weight is 341 g/mol. The number of hydrogen-bond donors (Lipinski definition) is 1.